The van der Waals surface area contributed by atoms with Crippen LogP contribution in [0, 0.1) is 0 Å². The number of aromatic nitrogens is 2. The Morgan fingerprint density at radius 3 is 2.38 bits per heavy atom. The van der Waals surface area contributed by atoms with Crippen LogP contribution >= 0.6 is 23.2 Å². The van der Waals surface area contributed by atoms with Crippen molar-refractivity contribution in [2.45, 2.75) is 6.92 Å². The summed E-state index contributed by atoms with van der Waals surface area (Å²) >= 11 is 10.5. The molecule has 0 aromatic carbocycles. The van der Waals surface area contributed by atoms with Crippen molar-refractivity contribution in [3.05, 3.63) is 20.4 Å². The van der Waals surface area contributed by atoms with Crippen LogP contribution in [0.5, 0.6) is 5.88 Å². The van der Waals surface area contributed by atoms with E-state index in [1.54, 1.807) is 0 Å². The summed E-state index contributed by atoms with van der Waals surface area (Å²) in [5.41, 5.74) is 2.83. The Balaban J connectivity index is 0.000000424. The number of H-pyrrole nitrogens is 1. The monoisotopic (exact) mass is 225 g/mol. The van der Waals surface area contributed by atoms with Gasteiger partial charge in [0.2, 0.25) is 0 Å². The van der Waals surface area contributed by atoms with Crippen molar-refractivity contribution in [1.82, 2.24) is 10.2 Å². The molecule has 0 bridgehead atoms. The molecule has 0 spiro atoms. The topological polar surface area (TPSA) is 96.5 Å². The Morgan fingerprint density at radius 1 is 1.54 bits per heavy atom. The zero-order valence-corrected chi connectivity index (χ0v) is 8.45. The molecule has 4 N–H and O–H groups in total. The Morgan fingerprint density at radius 2 is 2.00 bits per heavy atom. The van der Waals surface area contributed by atoms with Gasteiger partial charge in [-0.05, 0) is 6.92 Å². The fraction of sp³-hybridized carbons (Fsp3) is 0.333. The van der Waals surface area contributed by atoms with Crippen LogP contribution in [0.15, 0.2) is 4.79 Å². The van der Waals surface area contributed by atoms with Gasteiger partial charge in [0.25, 0.3) is 5.56 Å². The van der Waals surface area contributed by atoms with E-state index >= 15 is 0 Å². The lowest BCUT2D eigenvalue weighted by Crippen LogP contribution is -2.48. The van der Waals surface area contributed by atoms with E-state index in [1.807, 2.05) is 12.0 Å². The Hall–Kier alpha value is -0.780. The van der Waals surface area contributed by atoms with Gasteiger partial charge in [-0.15, -0.1) is 0 Å². The zero-order chi connectivity index (χ0) is 10.4. The molecule has 0 fully saturated rings. The fourth-order valence-corrected chi connectivity index (χ4v) is 0.644. The molecule has 0 aliphatic rings. The predicted octanol–water partition coefficient (Wildman–Crippen LogP) is -0.601. The van der Waals surface area contributed by atoms with Crippen molar-refractivity contribution in [2.75, 3.05) is 6.54 Å². The summed E-state index contributed by atoms with van der Waals surface area (Å²) in [7, 11) is 0. The van der Waals surface area contributed by atoms with Crippen LogP contribution in [0.3, 0.4) is 0 Å². The second kappa shape index (κ2) is 5.80. The molecule has 0 radical (unpaired) electrons. The molecule has 0 saturated carbocycles. The van der Waals surface area contributed by atoms with Crippen LogP contribution in [0.2, 0.25) is 10.0 Å². The molecule has 13 heavy (non-hydrogen) atoms. The van der Waals surface area contributed by atoms with Gasteiger partial charge in [-0.1, -0.05) is 23.2 Å². The zero-order valence-electron chi connectivity index (χ0n) is 6.93. The molecule has 74 valence electrons. The molecule has 1 aromatic heterocycles. The van der Waals surface area contributed by atoms with Crippen LogP contribution in [0.1, 0.15) is 6.92 Å². The maximum atomic E-state index is 10.5. The van der Waals surface area contributed by atoms with Crippen LogP contribution in [-0.2, 0) is 0 Å². The summed E-state index contributed by atoms with van der Waals surface area (Å²) in [5.74, 6) is -0.730. The number of rotatable bonds is 0. The van der Waals surface area contributed by atoms with Crippen LogP contribution in [0.4, 0.5) is 0 Å². The second-order valence-electron chi connectivity index (χ2n) is 1.99. The SMILES string of the molecule is CC[NH3+].O=c1[nH]nc([O-])c(Cl)c1Cl. The molecular formula is C6H9Cl2N3O2. The van der Waals surface area contributed by atoms with Crippen molar-refractivity contribution in [3.8, 4) is 5.88 Å². The van der Waals surface area contributed by atoms with E-state index in [-0.39, 0.29) is 10.0 Å². The molecule has 1 rings (SSSR count). The van der Waals surface area contributed by atoms with Gasteiger partial charge in [-0.2, -0.15) is 5.10 Å². The quantitative estimate of drug-likeness (QED) is 0.618. The lowest BCUT2D eigenvalue weighted by Gasteiger charge is -2.04. The molecule has 1 aromatic rings. The lowest BCUT2D eigenvalue weighted by atomic mass is 10.5. The highest BCUT2D eigenvalue weighted by molar-refractivity contribution is 6.42. The van der Waals surface area contributed by atoms with E-state index < -0.39 is 11.4 Å². The molecule has 5 nitrogen and oxygen atoms in total. The Kier molecular flexibility index (Phi) is 5.45. The summed E-state index contributed by atoms with van der Waals surface area (Å²) in [6.45, 7) is 3.01. The van der Waals surface area contributed by atoms with Gasteiger partial charge in [0.05, 0.1) is 11.6 Å². The highest BCUT2D eigenvalue weighted by Gasteiger charge is 2.01. The normalized spacial score (nSPS) is 8.92. The van der Waals surface area contributed by atoms with Gasteiger partial charge in [0, 0.05) is 5.88 Å². The molecule has 0 saturated heterocycles. The number of nitrogens with zero attached hydrogens (tertiary/aromatic N) is 1. The van der Waals surface area contributed by atoms with Crippen molar-refractivity contribution in [3.63, 3.8) is 0 Å². The van der Waals surface area contributed by atoms with Crippen LogP contribution in [0.25, 0.3) is 0 Å². The first-order chi connectivity index (χ1) is 6.04. The van der Waals surface area contributed by atoms with Crippen LogP contribution < -0.4 is 16.4 Å². The number of quaternary nitrogens is 1. The average Bonchev–Trinajstić information content (AvgIpc) is 2.10. The van der Waals surface area contributed by atoms with Gasteiger partial charge in [-0.3, -0.25) is 4.79 Å². The number of halogens is 2. The highest BCUT2D eigenvalue weighted by atomic mass is 35.5. The van der Waals surface area contributed by atoms with Gasteiger partial charge in [0.15, 0.2) is 0 Å². The third-order valence-corrected chi connectivity index (χ3v) is 1.65. The first-order valence-electron chi connectivity index (χ1n) is 3.44. The minimum absolute atomic E-state index is 0.318. The van der Waals surface area contributed by atoms with Gasteiger partial charge in [-0.25, -0.2) is 5.10 Å². The lowest BCUT2D eigenvalue weighted by molar-refractivity contribution is -0.361. The number of hydrogen-bond acceptors (Lipinski definition) is 3. The molecule has 0 atom stereocenters. The van der Waals surface area contributed by atoms with Crippen molar-refractivity contribution in [1.29, 1.82) is 0 Å². The van der Waals surface area contributed by atoms with Crippen molar-refractivity contribution < 1.29 is 10.8 Å². The largest absolute Gasteiger partial charge is 0.856 e. The van der Waals surface area contributed by atoms with E-state index in [0.29, 0.717) is 0 Å². The van der Waals surface area contributed by atoms with Gasteiger partial charge < -0.3 is 10.8 Å². The summed E-state index contributed by atoms with van der Waals surface area (Å²) in [6.07, 6.45) is 0. The first kappa shape index (κ1) is 12.2. The van der Waals surface area contributed by atoms with E-state index in [1.165, 1.54) is 0 Å². The molecule has 0 amide bonds. The van der Waals surface area contributed by atoms with E-state index in [9.17, 15) is 9.90 Å². The highest BCUT2D eigenvalue weighted by Crippen LogP contribution is 2.21. The minimum atomic E-state index is -0.730. The Labute approximate surface area is 84.5 Å². The van der Waals surface area contributed by atoms with Gasteiger partial charge in [0.1, 0.15) is 5.02 Å². The average molecular weight is 226 g/mol. The van der Waals surface area contributed by atoms with Crippen molar-refractivity contribution in [2.24, 2.45) is 0 Å². The van der Waals surface area contributed by atoms with E-state index in [4.69, 9.17) is 23.2 Å². The number of hydrogen-bond donors (Lipinski definition) is 2. The summed E-state index contributed by atoms with van der Waals surface area (Å²) < 4.78 is 0. The second-order valence-corrected chi connectivity index (χ2v) is 2.74. The number of aromatic amines is 1. The summed E-state index contributed by atoms with van der Waals surface area (Å²) in [4.78, 5) is 10.5. The third kappa shape index (κ3) is 3.63. The molecule has 0 aliphatic carbocycles. The third-order valence-electron chi connectivity index (χ3n) is 0.839. The minimum Gasteiger partial charge on any atom is -0.856 e. The smallest absolute Gasteiger partial charge is 0.284 e. The van der Waals surface area contributed by atoms with E-state index in [2.05, 4.69) is 10.8 Å². The van der Waals surface area contributed by atoms with Crippen molar-refractivity contribution >= 4 is 23.2 Å². The summed E-state index contributed by atoms with van der Waals surface area (Å²) in [5, 5.41) is 14.7. The fourth-order valence-electron chi connectivity index (χ4n) is 0.393. The standard InChI is InChI=1S/C4H2Cl2N2O2.C2H7N/c5-1-2(6)4(10)8-7-3(1)9;1-2-3/h(H,7,9)(H,8,10);2-3H2,1H3. The number of nitrogens with one attached hydrogen (secondary N) is 1. The van der Waals surface area contributed by atoms with E-state index in [0.717, 1.165) is 6.54 Å². The first-order valence-corrected chi connectivity index (χ1v) is 4.20. The van der Waals surface area contributed by atoms with Crippen LogP contribution in [-0.4, -0.2) is 16.7 Å². The predicted molar refractivity (Wildman–Crippen MR) is 47.8 cm³/mol. The summed E-state index contributed by atoms with van der Waals surface area (Å²) in [6, 6.07) is 0. The molecular weight excluding hydrogens is 217 g/mol. The molecule has 7 heteroatoms. The maximum Gasteiger partial charge on any atom is 0.284 e. The Bertz CT molecular complexity index is 326. The molecule has 0 aliphatic heterocycles. The maximum absolute atomic E-state index is 10.5. The molecule has 0 unspecified atom stereocenters. The molecule has 1 heterocycles. The van der Waals surface area contributed by atoms with Gasteiger partial charge >= 0.3 is 0 Å².